The van der Waals surface area contributed by atoms with Crippen LogP contribution in [0, 0.1) is 13.8 Å². The highest BCUT2D eigenvalue weighted by Gasteiger charge is 2.10. The summed E-state index contributed by atoms with van der Waals surface area (Å²) in [5, 5.41) is 2.91. The van der Waals surface area contributed by atoms with E-state index < -0.39 is 0 Å². The Labute approximate surface area is 118 Å². The van der Waals surface area contributed by atoms with Gasteiger partial charge in [-0.05, 0) is 32.8 Å². The highest BCUT2D eigenvalue weighted by molar-refractivity contribution is 7.12. The van der Waals surface area contributed by atoms with Crippen molar-refractivity contribution in [2.45, 2.75) is 39.5 Å². The zero-order valence-electron chi connectivity index (χ0n) is 11.7. The van der Waals surface area contributed by atoms with Crippen molar-refractivity contribution in [3.63, 3.8) is 0 Å². The van der Waals surface area contributed by atoms with Crippen molar-refractivity contribution in [1.29, 1.82) is 0 Å². The molecule has 0 aliphatic heterocycles. The first-order valence-electron chi connectivity index (χ1n) is 6.46. The molecule has 0 aromatic carbocycles. The van der Waals surface area contributed by atoms with Gasteiger partial charge in [0.1, 0.15) is 0 Å². The summed E-state index contributed by atoms with van der Waals surface area (Å²) in [6, 6.07) is 1.92. The lowest BCUT2D eigenvalue weighted by Crippen LogP contribution is -2.24. The first kappa shape index (κ1) is 15.7. The van der Waals surface area contributed by atoms with Crippen molar-refractivity contribution in [3.8, 4) is 0 Å². The number of carbonyl (C=O) groups excluding carboxylic acids is 2. The van der Waals surface area contributed by atoms with E-state index in [0.29, 0.717) is 13.0 Å². The van der Waals surface area contributed by atoms with Gasteiger partial charge in [-0.15, -0.1) is 11.3 Å². The molecule has 19 heavy (non-hydrogen) atoms. The number of amides is 1. The molecule has 1 amide bonds. The van der Waals surface area contributed by atoms with Crippen molar-refractivity contribution in [2.75, 3.05) is 13.7 Å². The lowest BCUT2D eigenvalue weighted by Gasteiger charge is -2.04. The van der Waals surface area contributed by atoms with Crippen LogP contribution >= 0.6 is 11.3 Å². The van der Waals surface area contributed by atoms with Crippen LogP contribution in [0.4, 0.5) is 0 Å². The minimum atomic E-state index is -0.173. The molecule has 0 unspecified atom stereocenters. The summed E-state index contributed by atoms with van der Waals surface area (Å²) in [5.41, 5.74) is 0.775. The quantitative estimate of drug-likeness (QED) is 0.618. The van der Waals surface area contributed by atoms with E-state index in [-0.39, 0.29) is 11.9 Å². The first-order chi connectivity index (χ1) is 9.04. The SMILES string of the molecule is COC(=O)CCCCCNC(=O)c1cc(C)sc1C. The molecule has 0 radical (unpaired) electrons. The number of nitrogens with one attached hydrogen (secondary N) is 1. The topological polar surface area (TPSA) is 55.4 Å². The number of esters is 1. The summed E-state index contributed by atoms with van der Waals surface area (Å²) in [4.78, 5) is 25.0. The van der Waals surface area contributed by atoms with Gasteiger partial charge in [-0.3, -0.25) is 9.59 Å². The van der Waals surface area contributed by atoms with E-state index in [1.807, 2.05) is 19.9 Å². The van der Waals surface area contributed by atoms with Crippen LogP contribution in [0.25, 0.3) is 0 Å². The van der Waals surface area contributed by atoms with E-state index >= 15 is 0 Å². The second-order valence-electron chi connectivity index (χ2n) is 4.47. The van der Waals surface area contributed by atoms with Crippen LogP contribution in [0.3, 0.4) is 0 Å². The molecule has 0 spiro atoms. The molecular weight excluding hydrogens is 262 g/mol. The van der Waals surface area contributed by atoms with Crippen molar-refractivity contribution in [1.82, 2.24) is 5.32 Å². The maximum atomic E-state index is 11.9. The molecular formula is C14H21NO3S. The summed E-state index contributed by atoms with van der Waals surface area (Å²) in [5.74, 6) is -0.178. The zero-order chi connectivity index (χ0) is 14.3. The Balaban J connectivity index is 2.18. The van der Waals surface area contributed by atoms with Gasteiger partial charge in [0.25, 0.3) is 5.91 Å². The third-order valence-electron chi connectivity index (χ3n) is 2.86. The fraction of sp³-hybridized carbons (Fsp3) is 0.571. The minimum Gasteiger partial charge on any atom is -0.469 e. The molecule has 1 aromatic rings. The third-order valence-corrected chi connectivity index (χ3v) is 3.82. The van der Waals surface area contributed by atoms with E-state index in [9.17, 15) is 9.59 Å². The number of rotatable bonds is 7. The Morgan fingerprint density at radius 1 is 1.26 bits per heavy atom. The van der Waals surface area contributed by atoms with E-state index in [0.717, 1.165) is 34.6 Å². The highest BCUT2D eigenvalue weighted by atomic mass is 32.1. The Kier molecular flexibility index (Phi) is 6.56. The van der Waals surface area contributed by atoms with Gasteiger partial charge in [0, 0.05) is 22.7 Å². The molecule has 1 aromatic heterocycles. The highest BCUT2D eigenvalue weighted by Crippen LogP contribution is 2.20. The summed E-state index contributed by atoms with van der Waals surface area (Å²) in [6.45, 7) is 4.61. The van der Waals surface area contributed by atoms with Gasteiger partial charge in [0.2, 0.25) is 0 Å². The molecule has 0 aliphatic rings. The number of aryl methyl sites for hydroxylation is 2. The first-order valence-corrected chi connectivity index (χ1v) is 7.28. The smallest absolute Gasteiger partial charge is 0.305 e. The normalized spacial score (nSPS) is 10.3. The average Bonchev–Trinajstić information content (AvgIpc) is 2.72. The maximum Gasteiger partial charge on any atom is 0.305 e. The standard InChI is InChI=1S/C14H21NO3S/c1-10-9-12(11(2)19-10)14(17)15-8-6-4-5-7-13(16)18-3/h9H,4-8H2,1-3H3,(H,15,17). The van der Waals surface area contributed by atoms with Crippen LogP contribution < -0.4 is 5.32 Å². The molecule has 0 atom stereocenters. The molecule has 1 rings (SSSR count). The lowest BCUT2D eigenvalue weighted by atomic mass is 10.2. The van der Waals surface area contributed by atoms with Crippen LogP contribution in [0.5, 0.6) is 0 Å². The second-order valence-corrected chi connectivity index (χ2v) is 5.93. The monoisotopic (exact) mass is 283 g/mol. The summed E-state index contributed by atoms with van der Waals surface area (Å²) in [6.07, 6.45) is 3.05. The number of unbranched alkanes of at least 4 members (excludes halogenated alkanes) is 2. The molecule has 1 heterocycles. The maximum absolute atomic E-state index is 11.9. The van der Waals surface area contributed by atoms with Crippen molar-refractivity contribution in [3.05, 3.63) is 21.4 Å². The van der Waals surface area contributed by atoms with Crippen molar-refractivity contribution in [2.24, 2.45) is 0 Å². The number of ether oxygens (including phenoxy) is 1. The van der Waals surface area contributed by atoms with Crippen LogP contribution in [0.2, 0.25) is 0 Å². The Bertz CT molecular complexity index is 440. The second kappa shape index (κ2) is 7.94. The molecule has 4 nitrogen and oxygen atoms in total. The molecule has 1 N–H and O–H groups in total. The molecule has 5 heteroatoms. The number of hydrogen-bond donors (Lipinski definition) is 1. The third kappa shape index (κ3) is 5.42. The average molecular weight is 283 g/mol. The van der Waals surface area contributed by atoms with E-state index in [4.69, 9.17) is 0 Å². The minimum absolute atomic E-state index is 0.00480. The van der Waals surface area contributed by atoms with Gasteiger partial charge in [-0.2, -0.15) is 0 Å². The summed E-state index contributed by atoms with van der Waals surface area (Å²) in [7, 11) is 1.40. The molecule has 0 aliphatic carbocycles. The van der Waals surface area contributed by atoms with Gasteiger partial charge in [-0.1, -0.05) is 6.42 Å². The van der Waals surface area contributed by atoms with Crippen LogP contribution in [-0.4, -0.2) is 25.5 Å². The van der Waals surface area contributed by atoms with Crippen molar-refractivity contribution >= 4 is 23.2 Å². The van der Waals surface area contributed by atoms with Crippen molar-refractivity contribution < 1.29 is 14.3 Å². The number of thiophene rings is 1. The molecule has 0 saturated heterocycles. The van der Waals surface area contributed by atoms with Gasteiger partial charge in [0.05, 0.1) is 12.7 Å². The predicted molar refractivity (Wildman–Crippen MR) is 76.6 cm³/mol. The number of carbonyl (C=O) groups is 2. The number of hydrogen-bond acceptors (Lipinski definition) is 4. The summed E-state index contributed by atoms with van der Waals surface area (Å²) >= 11 is 1.64. The van der Waals surface area contributed by atoms with Crippen LogP contribution in [-0.2, 0) is 9.53 Å². The van der Waals surface area contributed by atoms with E-state index in [1.54, 1.807) is 11.3 Å². The van der Waals surface area contributed by atoms with E-state index in [2.05, 4.69) is 10.1 Å². The fourth-order valence-corrected chi connectivity index (χ4v) is 2.75. The molecule has 0 bridgehead atoms. The lowest BCUT2D eigenvalue weighted by molar-refractivity contribution is -0.140. The Hall–Kier alpha value is -1.36. The summed E-state index contributed by atoms with van der Waals surface area (Å²) < 4.78 is 4.56. The largest absolute Gasteiger partial charge is 0.469 e. The zero-order valence-corrected chi connectivity index (χ0v) is 12.6. The van der Waals surface area contributed by atoms with Crippen LogP contribution in [0.15, 0.2) is 6.07 Å². The Morgan fingerprint density at radius 3 is 2.58 bits per heavy atom. The molecule has 0 saturated carbocycles. The van der Waals surface area contributed by atoms with E-state index in [1.165, 1.54) is 7.11 Å². The van der Waals surface area contributed by atoms with Gasteiger partial charge >= 0.3 is 5.97 Å². The van der Waals surface area contributed by atoms with Gasteiger partial charge in [0.15, 0.2) is 0 Å². The predicted octanol–water partition coefficient (Wildman–Crippen LogP) is 2.83. The van der Waals surface area contributed by atoms with Gasteiger partial charge in [-0.25, -0.2) is 0 Å². The Morgan fingerprint density at radius 2 is 2.00 bits per heavy atom. The van der Waals surface area contributed by atoms with Crippen LogP contribution in [0.1, 0.15) is 45.8 Å². The number of methoxy groups -OCH3 is 1. The fourth-order valence-electron chi connectivity index (χ4n) is 1.83. The molecule has 106 valence electrons. The molecule has 0 fully saturated rings. The van der Waals surface area contributed by atoms with Gasteiger partial charge < -0.3 is 10.1 Å².